The predicted molar refractivity (Wildman–Crippen MR) is 391 cm³/mol. The largest absolute Gasteiger partial charge is 0.472 e. The zero-order chi connectivity index (χ0) is 70.5. The summed E-state index contributed by atoms with van der Waals surface area (Å²) in [6, 6.07) is 0. The molecule has 0 spiro atoms. The summed E-state index contributed by atoms with van der Waals surface area (Å²) in [5, 5.41) is 10.6. The number of phosphoric ester groups is 2. The summed E-state index contributed by atoms with van der Waals surface area (Å²) >= 11 is 0. The number of aliphatic hydroxyl groups excluding tert-OH is 1. The van der Waals surface area contributed by atoms with Crippen LogP contribution in [0.3, 0.4) is 0 Å². The molecule has 0 aromatic carbocycles. The number of phosphoric acid groups is 2. The molecule has 0 bridgehead atoms. The molecular weight excluding hydrogens is 1260 g/mol. The molecule has 0 aromatic rings. The lowest BCUT2D eigenvalue weighted by Gasteiger charge is -2.21. The van der Waals surface area contributed by atoms with Crippen molar-refractivity contribution in [2.24, 2.45) is 5.92 Å². The Morgan fingerprint density at radius 1 is 0.281 bits per heavy atom. The minimum atomic E-state index is -4.96. The van der Waals surface area contributed by atoms with Crippen LogP contribution in [-0.4, -0.2) is 96.7 Å². The number of esters is 4. The Kier molecular flexibility index (Phi) is 68.7. The first-order valence-corrected chi connectivity index (χ1v) is 43.1. The third-order valence-corrected chi connectivity index (χ3v) is 19.9. The van der Waals surface area contributed by atoms with E-state index in [0.717, 1.165) is 95.8 Å². The van der Waals surface area contributed by atoms with Crippen molar-refractivity contribution in [2.75, 3.05) is 39.6 Å². The van der Waals surface area contributed by atoms with Crippen LogP contribution in [0.15, 0.2) is 0 Å². The van der Waals surface area contributed by atoms with Gasteiger partial charge in [-0.2, -0.15) is 0 Å². The third kappa shape index (κ3) is 70.5. The first-order chi connectivity index (χ1) is 46.5. The number of aliphatic hydroxyl groups is 1. The average molecular weight is 1410 g/mol. The molecule has 0 amide bonds. The second kappa shape index (κ2) is 70.1. The van der Waals surface area contributed by atoms with Crippen LogP contribution in [0.4, 0.5) is 0 Å². The molecule has 0 heterocycles. The van der Waals surface area contributed by atoms with E-state index >= 15 is 0 Å². The molecule has 0 saturated carbocycles. The molecule has 19 heteroatoms. The van der Waals surface area contributed by atoms with E-state index in [1.54, 1.807) is 0 Å². The van der Waals surface area contributed by atoms with Crippen molar-refractivity contribution in [2.45, 2.75) is 425 Å². The molecule has 0 aliphatic carbocycles. The SMILES string of the molecule is CCCCCCCCCCCCCCCCCCCCCCCC(=O)O[C@H](COC(=O)CCCCCCCCCCCCCCCCC(C)C)COP(=O)(O)OC[C@@H](O)COP(=O)(O)OC[C@@H](COC(=O)CCCCCCCCCCC)OC(=O)CCCCCCCCCCC. The first-order valence-electron chi connectivity index (χ1n) is 40.1. The molecule has 0 fully saturated rings. The van der Waals surface area contributed by atoms with Crippen LogP contribution in [0.5, 0.6) is 0 Å². The van der Waals surface area contributed by atoms with Crippen LogP contribution in [0.1, 0.15) is 407 Å². The van der Waals surface area contributed by atoms with E-state index in [1.165, 1.54) is 231 Å². The number of hydrogen-bond donors (Lipinski definition) is 3. The lowest BCUT2D eigenvalue weighted by molar-refractivity contribution is -0.161. The summed E-state index contributed by atoms with van der Waals surface area (Å²) in [5.74, 6) is -1.32. The Bertz CT molecular complexity index is 1840. The smallest absolute Gasteiger partial charge is 0.462 e. The van der Waals surface area contributed by atoms with Crippen molar-refractivity contribution in [3.63, 3.8) is 0 Å². The van der Waals surface area contributed by atoms with Crippen molar-refractivity contribution in [3.8, 4) is 0 Å². The van der Waals surface area contributed by atoms with Gasteiger partial charge in [-0.15, -0.1) is 0 Å². The molecule has 0 aromatic heterocycles. The first kappa shape index (κ1) is 94.1. The minimum absolute atomic E-state index is 0.106. The molecule has 0 aliphatic heterocycles. The van der Waals surface area contributed by atoms with Gasteiger partial charge in [-0.25, -0.2) is 9.13 Å². The number of carbonyl (C=O) groups is 4. The zero-order valence-electron chi connectivity index (χ0n) is 62.5. The Labute approximate surface area is 588 Å². The van der Waals surface area contributed by atoms with Crippen molar-refractivity contribution in [3.05, 3.63) is 0 Å². The normalized spacial score (nSPS) is 13.9. The number of carbonyl (C=O) groups excluding carboxylic acids is 4. The average Bonchev–Trinajstić information content (AvgIpc) is 1.53. The zero-order valence-corrected chi connectivity index (χ0v) is 64.3. The van der Waals surface area contributed by atoms with Crippen LogP contribution in [-0.2, 0) is 65.4 Å². The number of ether oxygens (including phenoxy) is 4. The van der Waals surface area contributed by atoms with Crippen molar-refractivity contribution < 1.29 is 80.2 Å². The molecule has 0 rings (SSSR count). The van der Waals surface area contributed by atoms with Crippen LogP contribution >= 0.6 is 15.6 Å². The van der Waals surface area contributed by atoms with Crippen LogP contribution in [0, 0.1) is 5.92 Å². The van der Waals surface area contributed by atoms with E-state index in [9.17, 15) is 43.2 Å². The van der Waals surface area contributed by atoms with Gasteiger partial charge in [0.1, 0.15) is 19.3 Å². The highest BCUT2D eigenvalue weighted by atomic mass is 31.2. The predicted octanol–water partition coefficient (Wildman–Crippen LogP) is 22.9. The fourth-order valence-corrected chi connectivity index (χ4v) is 13.5. The summed E-state index contributed by atoms with van der Waals surface area (Å²) in [7, 11) is -9.90. The second-order valence-electron chi connectivity index (χ2n) is 28.2. The van der Waals surface area contributed by atoms with Crippen molar-refractivity contribution in [1.29, 1.82) is 0 Å². The van der Waals surface area contributed by atoms with E-state index < -0.39 is 97.5 Å². The lowest BCUT2D eigenvalue weighted by atomic mass is 10.0. The molecule has 17 nitrogen and oxygen atoms in total. The highest BCUT2D eigenvalue weighted by Gasteiger charge is 2.30. The monoisotopic (exact) mass is 1410 g/mol. The van der Waals surface area contributed by atoms with E-state index in [2.05, 4.69) is 34.6 Å². The van der Waals surface area contributed by atoms with Gasteiger partial charge in [0.2, 0.25) is 0 Å². The quantitative estimate of drug-likeness (QED) is 0.0222. The van der Waals surface area contributed by atoms with Gasteiger partial charge in [0.25, 0.3) is 0 Å². The summed E-state index contributed by atoms with van der Waals surface area (Å²) in [5.41, 5.74) is 0. The lowest BCUT2D eigenvalue weighted by Crippen LogP contribution is -2.30. The topological polar surface area (TPSA) is 237 Å². The Morgan fingerprint density at radius 3 is 0.708 bits per heavy atom. The molecule has 2 unspecified atom stereocenters. The van der Waals surface area contributed by atoms with Crippen molar-refractivity contribution >= 4 is 39.5 Å². The maximum Gasteiger partial charge on any atom is 0.472 e. The molecule has 570 valence electrons. The van der Waals surface area contributed by atoms with Gasteiger partial charge in [-0.1, -0.05) is 356 Å². The molecule has 0 saturated heterocycles. The number of hydrogen-bond acceptors (Lipinski definition) is 15. The van der Waals surface area contributed by atoms with Gasteiger partial charge >= 0.3 is 39.5 Å². The van der Waals surface area contributed by atoms with Crippen molar-refractivity contribution in [1.82, 2.24) is 0 Å². The van der Waals surface area contributed by atoms with E-state index in [0.29, 0.717) is 25.7 Å². The molecular formula is C77H150O17P2. The maximum atomic E-state index is 13.1. The van der Waals surface area contributed by atoms with Crippen LogP contribution in [0.2, 0.25) is 0 Å². The molecule has 0 radical (unpaired) electrons. The number of rotatable bonds is 77. The van der Waals surface area contributed by atoms with Gasteiger partial charge in [-0.05, 0) is 31.6 Å². The fraction of sp³-hybridized carbons (Fsp3) is 0.948. The summed E-state index contributed by atoms with van der Waals surface area (Å²) in [6.07, 6.45) is 59.8. The fourth-order valence-electron chi connectivity index (χ4n) is 11.9. The summed E-state index contributed by atoms with van der Waals surface area (Å²) in [6.45, 7) is 7.28. The molecule has 3 N–H and O–H groups in total. The number of unbranched alkanes of at least 4 members (excludes halogenated alkanes) is 49. The van der Waals surface area contributed by atoms with E-state index in [4.69, 9.17) is 37.0 Å². The van der Waals surface area contributed by atoms with E-state index in [1.807, 2.05) is 0 Å². The molecule has 0 aliphatic rings. The van der Waals surface area contributed by atoms with Crippen LogP contribution in [0.25, 0.3) is 0 Å². The van der Waals surface area contributed by atoms with Gasteiger partial charge in [-0.3, -0.25) is 37.3 Å². The maximum absolute atomic E-state index is 13.1. The highest BCUT2D eigenvalue weighted by molar-refractivity contribution is 7.47. The van der Waals surface area contributed by atoms with Gasteiger partial charge in [0.05, 0.1) is 26.4 Å². The summed E-state index contributed by atoms with van der Waals surface area (Å²) in [4.78, 5) is 72.7. The van der Waals surface area contributed by atoms with Gasteiger partial charge in [0.15, 0.2) is 12.2 Å². The summed E-state index contributed by atoms with van der Waals surface area (Å²) < 4.78 is 68.4. The second-order valence-corrected chi connectivity index (χ2v) is 31.1. The Morgan fingerprint density at radius 2 is 0.479 bits per heavy atom. The van der Waals surface area contributed by atoms with E-state index in [-0.39, 0.29) is 25.7 Å². The Hall–Kier alpha value is -1.94. The highest BCUT2D eigenvalue weighted by Crippen LogP contribution is 2.45. The molecule has 96 heavy (non-hydrogen) atoms. The molecule has 5 atom stereocenters. The van der Waals surface area contributed by atoms with Gasteiger partial charge < -0.3 is 33.8 Å². The van der Waals surface area contributed by atoms with Gasteiger partial charge in [0, 0.05) is 25.7 Å². The van der Waals surface area contributed by atoms with Crippen LogP contribution < -0.4 is 0 Å². The minimum Gasteiger partial charge on any atom is -0.462 e. The standard InChI is InChI=1S/C77H150O17P2/c1-6-9-12-15-18-21-22-23-24-25-26-27-28-29-30-35-38-43-48-53-58-63-77(82)94-73(67-88-75(80)61-56-51-46-42-37-34-32-31-33-36-41-44-49-54-59-70(4)5)69-92-96(85,86)90-65-71(78)64-89-95(83,84)91-68-72(93-76(81)62-57-52-47-40-20-17-14-11-8-3)66-87-74(79)60-55-50-45-39-19-16-13-10-7-2/h70-73,78H,6-69H2,1-5H3,(H,83,84)(H,85,86)/t71-,72+,73+/m0/s1. The third-order valence-electron chi connectivity index (χ3n) is 18.0. The Balaban J connectivity index is 5.16.